The first-order chi connectivity index (χ1) is 9.65. The van der Waals surface area contributed by atoms with Gasteiger partial charge in [-0.05, 0) is 38.8 Å². The first-order valence-corrected chi connectivity index (χ1v) is 8.26. The molecule has 1 aromatic carbocycles. The van der Waals surface area contributed by atoms with Gasteiger partial charge in [-0.25, -0.2) is 0 Å². The van der Waals surface area contributed by atoms with Crippen molar-refractivity contribution >= 4 is 17.7 Å². The molecule has 0 bridgehead atoms. The fraction of sp³-hybridized carbons (Fsp3) is 0.562. The van der Waals surface area contributed by atoms with Crippen molar-refractivity contribution in [2.45, 2.75) is 31.9 Å². The lowest BCUT2D eigenvalue weighted by Gasteiger charge is -2.21. The fourth-order valence-corrected chi connectivity index (χ4v) is 3.52. The number of hydrogen-bond donors (Lipinski definition) is 1. The number of amides is 1. The lowest BCUT2D eigenvalue weighted by atomic mass is 10.1. The Labute approximate surface area is 125 Å². The Hall–Kier alpha value is -1.00. The summed E-state index contributed by atoms with van der Waals surface area (Å²) in [6.07, 6.45) is 2.27. The minimum Gasteiger partial charge on any atom is -0.381 e. The van der Waals surface area contributed by atoms with E-state index in [4.69, 9.17) is 4.74 Å². The molecule has 1 aliphatic rings. The van der Waals surface area contributed by atoms with Crippen molar-refractivity contribution in [1.82, 2.24) is 5.32 Å². The summed E-state index contributed by atoms with van der Waals surface area (Å²) in [7, 11) is 0. The van der Waals surface area contributed by atoms with Crippen LogP contribution in [0.15, 0.2) is 18.2 Å². The summed E-state index contributed by atoms with van der Waals surface area (Å²) in [6.45, 7) is 6.53. The van der Waals surface area contributed by atoms with Gasteiger partial charge in [-0.2, -0.15) is 11.8 Å². The van der Waals surface area contributed by atoms with Gasteiger partial charge in [0.1, 0.15) is 0 Å². The predicted molar refractivity (Wildman–Crippen MR) is 84.5 cm³/mol. The number of carbonyl (C=O) groups excluding carboxylic acids is 1. The highest BCUT2D eigenvalue weighted by Gasteiger charge is 2.13. The molecule has 4 heteroatoms. The smallest absolute Gasteiger partial charge is 0.251 e. The highest BCUT2D eigenvalue weighted by atomic mass is 32.2. The van der Waals surface area contributed by atoms with Gasteiger partial charge >= 0.3 is 0 Å². The van der Waals surface area contributed by atoms with Crippen molar-refractivity contribution < 1.29 is 9.53 Å². The Morgan fingerprint density at radius 2 is 1.90 bits per heavy atom. The molecule has 1 fully saturated rings. The second kappa shape index (κ2) is 7.70. The molecule has 1 aliphatic heterocycles. The van der Waals surface area contributed by atoms with Gasteiger partial charge in [0.2, 0.25) is 0 Å². The number of ether oxygens (including phenoxy) is 1. The Kier molecular flexibility index (Phi) is 5.92. The van der Waals surface area contributed by atoms with Gasteiger partial charge in [-0.3, -0.25) is 4.79 Å². The second-order valence-corrected chi connectivity index (χ2v) is 6.72. The normalized spacial score (nSPS) is 16.1. The summed E-state index contributed by atoms with van der Waals surface area (Å²) in [5, 5.41) is 3.70. The second-order valence-electron chi connectivity index (χ2n) is 5.31. The molecule has 110 valence electrons. The van der Waals surface area contributed by atoms with Gasteiger partial charge in [0, 0.05) is 36.3 Å². The van der Waals surface area contributed by atoms with Gasteiger partial charge in [-0.1, -0.05) is 17.2 Å². The third-order valence-corrected chi connectivity index (χ3v) is 4.78. The molecule has 0 aromatic heterocycles. The van der Waals surface area contributed by atoms with E-state index in [1.165, 1.54) is 0 Å². The number of benzene rings is 1. The van der Waals surface area contributed by atoms with E-state index in [-0.39, 0.29) is 5.91 Å². The third-order valence-electron chi connectivity index (χ3n) is 3.39. The van der Waals surface area contributed by atoms with Crippen LogP contribution in [0, 0.1) is 13.8 Å². The Balaban J connectivity index is 1.71. The summed E-state index contributed by atoms with van der Waals surface area (Å²) in [5.74, 6) is 1.01. The van der Waals surface area contributed by atoms with Crippen LogP contribution in [0.1, 0.15) is 34.3 Å². The number of nitrogens with one attached hydrogen (secondary N) is 1. The highest BCUT2D eigenvalue weighted by molar-refractivity contribution is 7.99. The van der Waals surface area contributed by atoms with Crippen LogP contribution in [0.25, 0.3) is 0 Å². The van der Waals surface area contributed by atoms with Crippen LogP contribution in [0.3, 0.4) is 0 Å². The molecule has 0 radical (unpaired) electrons. The van der Waals surface area contributed by atoms with Gasteiger partial charge in [0.25, 0.3) is 5.91 Å². The van der Waals surface area contributed by atoms with E-state index in [1.807, 2.05) is 37.7 Å². The SMILES string of the molecule is Cc1cc(C)cc(C(=O)NCCSC2CCOCC2)c1. The molecule has 0 spiro atoms. The predicted octanol–water partition coefficient (Wildman–Crippen LogP) is 2.95. The molecule has 0 aliphatic carbocycles. The van der Waals surface area contributed by atoms with E-state index >= 15 is 0 Å². The average Bonchev–Trinajstić information content (AvgIpc) is 2.43. The molecule has 1 amide bonds. The zero-order chi connectivity index (χ0) is 14.4. The van der Waals surface area contributed by atoms with Crippen molar-refractivity contribution in [1.29, 1.82) is 0 Å². The standard InChI is InChI=1S/C16H23NO2S/c1-12-9-13(2)11-14(10-12)16(18)17-5-8-20-15-3-6-19-7-4-15/h9-11,15H,3-8H2,1-2H3,(H,17,18). The molecule has 0 saturated carbocycles. The van der Waals surface area contributed by atoms with Crippen molar-refractivity contribution in [2.75, 3.05) is 25.5 Å². The van der Waals surface area contributed by atoms with Crippen LogP contribution in [0.2, 0.25) is 0 Å². The molecular formula is C16H23NO2S. The van der Waals surface area contributed by atoms with Gasteiger partial charge < -0.3 is 10.1 Å². The van der Waals surface area contributed by atoms with Gasteiger partial charge in [0.05, 0.1) is 0 Å². The number of hydrogen-bond acceptors (Lipinski definition) is 3. The maximum absolute atomic E-state index is 12.1. The van der Waals surface area contributed by atoms with Crippen LogP contribution in [0.4, 0.5) is 0 Å². The summed E-state index contributed by atoms with van der Waals surface area (Å²) in [5.41, 5.74) is 3.03. The average molecular weight is 293 g/mol. The van der Waals surface area contributed by atoms with E-state index in [9.17, 15) is 4.79 Å². The van der Waals surface area contributed by atoms with Crippen LogP contribution >= 0.6 is 11.8 Å². The lowest BCUT2D eigenvalue weighted by Crippen LogP contribution is -2.27. The Morgan fingerprint density at radius 1 is 1.25 bits per heavy atom. The Bertz CT molecular complexity index is 436. The largest absolute Gasteiger partial charge is 0.381 e. The van der Waals surface area contributed by atoms with Gasteiger partial charge in [-0.15, -0.1) is 0 Å². The topological polar surface area (TPSA) is 38.3 Å². The molecule has 0 unspecified atom stereocenters. The third kappa shape index (κ3) is 4.84. The van der Waals surface area contributed by atoms with Crippen LogP contribution in [-0.4, -0.2) is 36.7 Å². The number of thioether (sulfide) groups is 1. The molecule has 3 nitrogen and oxygen atoms in total. The fourth-order valence-electron chi connectivity index (χ4n) is 2.44. The van der Waals surface area contributed by atoms with Crippen LogP contribution < -0.4 is 5.32 Å². The lowest BCUT2D eigenvalue weighted by molar-refractivity contribution is 0.0955. The monoisotopic (exact) mass is 293 g/mol. The maximum Gasteiger partial charge on any atom is 0.251 e. The quantitative estimate of drug-likeness (QED) is 0.848. The summed E-state index contributed by atoms with van der Waals surface area (Å²) in [6, 6.07) is 5.96. The number of aryl methyl sites for hydroxylation is 2. The number of rotatable bonds is 5. The first kappa shape index (κ1) is 15.4. The summed E-state index contributed by atoms with van der Waals surface area (Å²) < 4.78 is 5.34. The molecule has 20 heavy (non-hydrogen) atoms. The number of carbonyl (C=O) groups is 1. The zero-order valence-corrected chi connectivity index (χ0v) is 13.1. The van der Waals surface area contributed by atoms with Crippen LogP contribution in [0.5, 0.6) is 0 Å². The van der Waals surface area contributed by atoms with E-state index in [0.29, 0.717) is 5.25 Å². The van der Waals surface area contributed by atoms with Crippen molar-refractivity contribution in [3.05, 3.63) is 34.9 Å². The zero-order valence-electron chi connectivity index (χ0n) is 12.3. The summed E-state index contributed by atoms with van der Waals surface area (Å²) in [4.78, 5) is 12.1. The van der Waals surface area contributed by atoms with E-state index < -0.39 is 0 Å². The minimum absolute atomic E-state index is 0.0318. The van der Waals surface area contributed by atoms with E-state index in [2.05, 4.69) is 11.4 Å². The van der Waals surface area contributed by atoms with Crippen molar-refractivity contribution in [3.63, 3.8) is 0 Å². The van der Waals surface area contributed by atoms with Gasteiger partial charge in [0.15, 0.2) is 0 Å². The molecule has 0 atom stereocenters. The molecule has 1 saturated heterocycles. The highest BCUT2D eigenvalue weighted by Crippen LogP contribution is 2.21. The molecule has 1 aromatic rings. The Morgan fingerprint density at radius 3 is 2.55 bits per heavy atom. The van der Waals surface area contributed by atoms with E-state index in [0.717, 1.165) is 55.0 Å². The molecule has 1 heterocycles. The first-order valence-electron chi connectivity index (χ1n) is 7.21. The minimum atomic E-state index is 0.0318. The molecule has 2 rings (SSSR count). The van der Waals surface area contributed by atoms with E-state index in [1.54, 1.807) is 0 Å². The molecule has 1 N–H and O–H groups in total. The maximum atomic E-state index is 12.1. The summed E-state index contributed by atoms with van der Waals surface area (Å²) >= 11 is 1.95. The van der Waals surface area contributed by atoms with Crippen molar-refractivity contribution in [3.8, 4) is 0 Å². The molecular weight excluding hydrogens is 270 g/mol. The van der Waals surface area contributed by atoms with Crippen LogP contribution in [-0.2, 0) is 4.74 Å². The van der Waals surface area contributed by atoms with Crippen molar-refractivity contribution in [2.24, 2.45) is 0 Å².